The van der Waals surface area contributed by atoms with Gasteiger partial charge in [0, 0.05) is 30.2 Å². The first-order valence-corrected chi connectivity index (χ1v) is 12.2. The van der Waals surface area contributed by atoms with E-state index in [1.165, 1.54) is 12.1 Å². The van der Waals surface area contributed by atoms with Crippen molar-refractivity contribution in [2.24, 2.45) is 0 Å². The van der Waals surface area contributed by atoms with E-state index in [1.807, 2.05) is 36.1 Å². The highest BCUT2D eigenvalue weighted by molar-refractivity contribution is 7.99. The SMILES string of the molecule is Cc1oc(-c2ccc(C(F)(F)F)cc2)nc1C(C)Oc1ccc(CN2CCSCC2C(=O)O)cc1. The van der Waals surface area contributed by atoms with Crippen molar-refractivity contribution >= 4 is 17.7 Å². The Hall–Kier alpha value is -2.98. The number of thioether (sulfide) groups is 1. The van der Waals surface area contributed by atoms with Gasteiger partial charge in [0.2, 0.25) is 5.89 Å². The van der Waals surface area contributed by atoms with Crippen LogP contribution in [0.25, 0.3) is 11.5 Å². The number of carbonyl (C=O) groups is 1. The van der Waals surface area contributed by atoms with Crippen LogP contribution in [0.15, 0.2) is 52.9 Å². The minimum atomic E-state index is -4.40. The highest BCUT2D eigenvalue weighted by Gasteiger charge is 2.30. The fourth-order valence-electron chi connectivity index (χ4n) is 3.93. The van der Waals surface area contributed by atoms with Crippen LogP contribution < -0.4 is 4.74 Å². The van der Waals surface area contributed by atoms with Crippen LogP contribution in [0.1, 0.15) is 35.6 Å². The molecular weight excluding hydrogens is 481 g/mol. The summed E-state index contributed by atoms with van der Waals surface area (Å²) in [6, 6.07) is 11.6. The lowest BCUT2D eigenvalue weighted by molar-refractivity contribution is -0.142. The zero-order valence-corrected chi connectivity index (χ0v) is 20.0. The summed E-state index contributed by atoms with van der Waals surface area (Å²) in [6.07, 6.45) is -4.86. The Bertz CT molecular complexity index is 1160. The molecule has 0 saturated carbocycles. The zero-order chi connectivity index (χ0) is 25.2. The van der Waals surface area contributed by atoms with Crippen LogP contribution in [-0.2, 0) is 17.5 Å². The van der Waals surface area contributed by atoms with Gasteiger partial charge in [-0.2, -0.15) is 24.9 Å². The monoisotopic (exact) mass is 506 g/mol. The summed E-state index contributed by atoms with van der Waals surface area (Å²) in [5.41, 5.74) is 1.26. The normalized spacial score (nSPS) is 17.8. The Kier molecular flexibility index (Phi) is 7.42. The number of benzene rings is 2. The molecule has 4 rings (SSSR count). The van der Waals surface area contributed by atoms with E-state index >= 15 is 0 Å². The molecule has 10 heteroatoms. The summed E-state index contributed by atoms with van der Waals surface area (Å²) in [4.78, 5) is 17.9. The number of hydrogen-bond acceptors (Lipinski definition) is 6. The van der Waals surface area contributed by atoms with Gasteiger partial charge >= 0.3 is 12.1 Å². The average molecular weight is 507 g/mol. The predicted octanol–water partition coefficient (Wildman–Crippen LogP) is 5.81. The summed E-state index contributed by atoms with van der Waals surface area (Å²) in [5.74, 6) is 2.05. The third-order valence-electron chi connectivity index (χ3n) is 5.82. The maximum atomic E-state index is 12.8. The molecular formula is C25H25F3N2O4S. The van der Waals surface area contributed by atoms with Crippen molar-refractivity contribution in [3.63, 3.8) is 0 Å². The van der Waals surface area contributed by atoms with E-state index in [2.05, 4.69) is 4.98 Å². The smallest absolute Gasteiger partial charge is 0.416 e. The molecule has 1 aromatic heterocycles. The third-order valence-corrected chi connectivity index (χ3v) is 6.85. The van der Waals surface area contributed by atoms with E-state index in [0.717, 1.165) is 30.0 Å². The minimum absolute atomic E-state index is 0.227. The summed E-state index contributed by atoms with van der Waals surface area (Å²) in [6.45, 7) is 4.82. The molecule has 3 aromatic rings. The van der Waals surface area contributed by atoms with Crippen LogP contribution >= 0.6 is 11.8 Å². The first-order chi connectivity index (χ1) is 16.6. The van der Waals surface area contributed by atoms with Crippen molar-refractivity contribution < 1.29 is 32.2 Å². The average Bonchev–Trinajstić information content (AvgIpc) is 3.22. The Morgan fingerprint density at radius 1 is 1.23 bits per heavy atom. The van der Waals surface area contributed by atoms with Crippen molar-refractivity contribution in [2.45, 2.75) is 38.7 Å². The zero-order valence-electron chi connectivity index (χ0n) is 19.2. The number of halogens is 3. The van der Waals surface area contributed by atoms with Gasteiger partial charge in [0.1, 0.15) is 29.3 Å². The van der Waals surface area contributed by atoms with Crippen molar-refractivity contribution in [1.29, 1.82) is 0 Å². The lowest BCUT2D eigenvalue weighted by atomic mass is 10.1. The number of hydrogen-bond donors (Lipinski definition) is 1. The van der Waals surface area contributed by atoms with Crippen molar-refractivity contribution in [3.8, 4) is 17.2 Å². The molecule has 2 aromatic carbocycles. The number of oxazole rings is 1. The number of ether oxygens (including phenoxy) is 1. The van der Waals surface area contributed by atoms with Gasteiger partial charge in [-0.05, 0) is 55.8 Å². The van der Waals surface area contributed by atoms with Crippen molar-refractivity contribution in [2.75, 3.05) is 18.1 Å². The van der Waals surface area contributed by atoms with E-state index in [-0.39, 0.29) is 5.89 Å². The van der Waals surface area contributed by atoms with E-state index < -0.39 is 29.9 Å². The molecule has 0 bridgehead atoms. The van der Waals surface area contributed by atoms with Gasteiger partial charge in [-0.3, -0.25) is 9.69 Å². The topological polar surface area (TPSA) is 75.8 Å². The first-order valence-electron chi connectivity index (χ1n) is 11.1. The fraction of sp³-hybridized carbons (Fsp3) is 0.360. The molecule has 0 radical (unpaired) electrons. The lowest BCUT2D eigenvalue weighted by Crippen LogP contribution is -2.46. The Balaban J connectivity index is 1.41. The van der Waals surface area contributed by atoms with Crippen molar-refractivity contribution in [3.05, 3.63) is 71.1 Å². The molecule has 186 valence electrons. The Labute approximate surface area is 205 Å². The minimum Gasteiger partial charge on any atom is -0.484 e. The van der Waals surface area contributed by atoms with Gasteiger partial charge in [0.25, 0.3) is 0 Å². The number of aliphatic carboxylic acids is 1. The van der Waals surface area contributed by atoms with E-state index in [0.29, 0.717) is 35.1 Å². The maximum Gasteiger partial charge on any atom is 0.416 e. The highest BCUT2D eigenvalue weighted by atomic mass is 32.2. The highest BCUT2D eigenvalue weighted by Crippen LogP contribution is 2.32. The molecule has 1 fully saturated rings. The van der Waals surface area contributed by atoms with Crippen LogP contribution in [0.3, 0.4) is 0 Å². The van der Waals surface area contributed by atoms with Crippen LogP contribution in [0.4, 0.5) is 13.2 Å². The van der Waals surface area contributed by atoms with Crippen LogP contribution in [0.5, 0.6) is 5.75 Å². The molecule has 2 heterocycles. The summed E-state index contributed by atoms with van der Waals surface area (Å²) < 4.78 is 50.1. The number of aryl methyl sites for hydroxylation is 1. The second-order valence-corrected chi connectivity index (χ2v) is 9.49. The second-order valence-electron chi connectivity index (χ2n) is 8.34. The molecule has 1 saturated heterocycles. The first kappa shape index (κ1) is 25.1. The quantitative estimate of drug-likeness (QED) is 0.433. The van der Waals surface area contributed by atoms with Gasteiger partial charge in [-0.15, -0.1) is 0 Å². The number of carboxylic acids is 1. The van der Waals surface area contributed by atoms with Crippen LogP contribution in [0.2, 0.25) is 0 Å². The molecule has 1 aliphatic rings. The van der Waals surface area contributed by atoms with Gasteiger partial charge in [-0.1, -0.05) is 12.1 Å². The summed E-state index contributed by atoms with van der Waals surface area (Å²) >= 11 is 1.65. The molecule has 2 atom stereocenters. The fourth-order valence-corrected chi connectivity index (χ4v) is 5.04. The molecule has 0 spiro atoms. The third kappa shape index (κ3) is 5.99. The Morgan fingerprint density at radius 3 is 2.54 bits per heavy atom. The molecule has 1 N–H and O–H groups in total. The van der Waals surface area contributed by atoms with Gasteiger partial charge in [0.15, 0.2) is 0 Å². The van der Waals surface area contributed by atoms with E-state index in [9.17, 15) is 23.1 Å². The molecule has 0 amide bonds. The van der Waals surface area contributed by atoms with Gasteiger partial charge in [0.05, 0.1) is 5.56 Å². The second kappa shape index (κ2) is 10.3. The van der Waals surface area contributed by atoms with Crippen molar-refractivity contribution in [1.82, 2.24) is 9.88 Å². The van der Waals surface area contributed by atoms with E-state index in [4.69, 9.17) is 9.15 Å². The van der Waals surface area contributed by atoms with Gasteiger partial charge < -0.3 is 14.3 Å². The van der Waals surface area contributed by atoms with Crippen LogP contribution in [0, 0.1) is 6.92 Å². The van der Waals surface area contributed by atoms with Crippen LogP contribution in [-0.4, -0.2) is 45.1 Å². The standard InChI is InChI=1S/C25H25F3N2O4S/c1-15(22-16(2)34-23(29-22)18-5-7-19(8-6-18)25(26,27)28)33-20-9-3-17(4-10-20)13-30-11-12-35-14-21(30)24(31)32/h3-10,15,21H,11-14H2,1-2H3,(H,31,32). The molecule has 2 unspecified atom stereocenters. The maximum absolute atomic E-state index is 12.8. The summed E-state index contributed by atoms with van der Waals surface area (Å²) in [5, 5.41) is 9.45. The Morgan fingerprint density at radius 2 is 1.91 bits per heavy atom. The molecule has 0 aliphatic carbocycles. The largest absolute Gasteiger partial charge is 0.484 e. The molecule has 35 heavy (non-hydrogen) atoms. The molecule has 6 nitrogen and oxygen atoms in total. The number of aromatic nitrogens is 1. The van der Waals surface area contributed by atoms with Gasteiger partial charge in [-0.25, -0.2) is 4.98 Å². The number of carboxylic acid groups (broad SMARTS) is 1. The number of alkyl halides is 3. The lowest BCUT2D eigenvalue weighted by Gasteiger charge is -2.32. The molecule has 1 aliphatic heterocycles. The summed E-state index contributed by atoms with van der Waals surface area (Å²) in [7, 11) is 0. The number of nitrogens with zero attached hydrogens (tertiary/aromatic N) is 2. The predicted molar refractivity (Wildman–Crippen MR) is 126 cm³/mol. The number of rotatable bonds is 7. The van der Waals surface area contributed by atoms with E-state index in [1.54, 1.807) is 18.7 Å².